The summed E-state index contributed by atoms with van der Waals surface area (Å²) in [4.78, 5) is 2.41. The highest BCUT2D eigenvalue weighted by Crippen LogP contribution is 2.27. The van der Waals surface area contributed by atoms with Crippen LogP contribution in [0.15, 0.2) is 18.2 Å². The molecule has 0 radical (unpaired) electrons. The highest BCUT2D eigenvalue weighted by atomic mass is 35.5. The fraction of sp³-hybridized carbons (Fsp3) is 0.647. The Balaban J connectivity index is 1.64. The van der Waals surface area contributed by atoms with E-state index in [-0.39, 0.29) is 5.60 Å². The van der Waals surface area contributed by atoms with Gasteiger partial charge in [0.05, 0.1) is 31.5 Å². The Labute approximate surface area is 142 Å². The van der Waals surface area contributed by atoms with Crippen molar-refractivity contribution in [2.75, 3.05) is 52.6 Å². The molecule has 0 aromatic heterocycles. The van der Waals surface area contributed by atoms with Gasteiger partial charge in [0.1, 0.15) is 11.4 Å². The maximum Gasteiger partial charge on any atom is 0.137 e. The number of rotatable bonds is 4. The Morgan fingerprint density at radius 1 is 1.39 bits per heavy atom. The van der Waals surface area contributed by atoms with Crippen molar-refractivity contribution in [1.82, 2.24) is 10.2 Å². The number of hydrogen-bond donors (Lipinski definition) is 1. The van der Waals surface area contributed by atoms with Crippen molar-refractivity contribution in [3.05, 3.63) is 28.8 Å². The SMILES string of the molecule is CCOc1ccc(CN2CCO[C@]3(CNCCOC3)C2)cc1Cl. The van der Waals surface area contributed by atoms with Crippen LogP contribution in [0.1, 0.15) is 12.5 Å². The zero-order valence-electron chi connectivity index (χ0n) is 13.6. The van der Waals surface area contributed by atoms with E-state index in [4.69, 9.17) is 25.8 Å². The maximum atomic E-state index is 6.29. The highest BCUT2D eigenvalue weighted by Gasteiger charge is 2.37. The molecule has 0 saturated carbocycles. The number of nitrogens with one attached hydrogen (secondary N) is 1. The third kappa shape index (κ3) is 4.37. The first-order valence-electron chi connectivity index (χ1n) is 8.27. The first-order valence-corrected chi connectivity index (χ1v) is 8.65. The second kappa shape index (κ2) is 7.81. The normalized spacial score (nSPS) is 26.2. The zero-order valence-corrected chi connectivity index (χ0v) is 14.4. The van der Waals surface area contributed by atoms with Crippen molar-refractivity contribution in [3.8, 4) is 5.75 Å². The van der Waals surface area contributed by atoms with Crippen LogP contribution in [-0.2, 0) is 16.0 Å². The first kappa shape index (κ1) is 17.0. The van der Waals surface area contributed by atoms with Gasteiger partial charge in [0.25, 0.3) is 0 Å². The quantitative estimate of drug-likeness (QED) is 0.907. The van der Waals surface area contributed by atoms with Crippen LogP contribution < -0.4 is 10.1 Å². The van der Waals surface area contributed by atoms with Crippen LogP contribution in [0.5, 0.6) is 5.75 Å². The summed E-state index contributed by atoms with van der Waals surface area (Å²) in [6.07, 6.45) is 0. The molecule has 2 heterocycles. The van der Waals surface area contributed by atoms with E-state index in [2.05, 4.69) is 16.3 Å². The Morgan fingerprint density at radius 3 is 3.13 bits per heavy atom. The van der Waals surface area contributed by atoms with Crippen LogP contribution in [-0.4, -0.2) is 63.1 Å². The van der Waals surface area contributed by atoms with Crippen LogP contribution >= 0.6 is 11.6 Å². The Hall–Kier alpha value is -0.850. The van der Waals surface area contributed by atoms with Crippen molar-refractivity contribution >= 4 is 11.6 Å². The summed E-state index contributed by atoms with van der Waals surface area (Å²) < 4.78 is 17.2. The van der Waals surface area contributed by atoms with Crippen LogP contribution in [0.25, 0.3) is 0 Å². The van der Waals surface area contributed by atoms with E-state index >= 15 is 0 Å². The van der Waals surface area contributed by atoms with Gasteiger partial charge in [0.2, 0.25) is 0 Å². The number of morpholine rings is 1. The Morgan fingerprint density at radius 2 is 2.30 bits per heavy atom. The van der Waals surface area contributed by atoms with E-state index < -0.39 is 0 Å². The zero-order chi connectivity index (χ0) is 16.1. The molecule has 128 valence electrons. The van der Waals surface area contributed by atoms with Gasteiger partial charge in [0.15, 0.2) is 0 Å². The minimum absolute atomic E-state index is 0.232. The minimum atomic E-state index is -0.232. The van der Waals surface area contributed by atoms with Crippen LogP contribution in [0.3, 0.4) is 0 Å². The number of hydrogen-bond acceptors (Lipinski definition) is 5. The number of ether oxygens (including phenoxy) is 3. The molecule has 1 aromatic rings. The largest absolute Gasteiger partial charge is 0.492 e. The molecule has 2 fully saturated rings. The molecular weight excluding hydrogens is 316 g/mol. The summed E-state index contributed by atoms with van der Waals surface area (Å²) in [6, 6.07) is 6.03. The van der Waals surface area contributed by atoms with Gasteiger partial charge in [-0.3, -0.25) is 4.90 Å². The number of nitrogens with zero attached hydrogens (tertiary/aromatic N) is 1. The van der Waals surface area contributed by atoms with E-state index in [1.54, 1.807) is 0 Å². The van der Waals surface area contributed by atoms with Crippen molar-refractivity contribution in [1.29, 1.82) is 0 Å². The maximum absolute atomic E-state index is 6.29. The van der Waals surface area contributed by atoms with Gasteiger partial charge in [0, 0.05) is 32.7 Å². The third-order valence-electron chi connectivity index (χ3n) is 4.27. The molecular formula is C17H25ClN2O3. The van der Waals surface area contributed by atoms with Crippen molar-refractivity contribution in [3.63, 3.8) is 0 Å². The van der Waals surface area contributed by atoms with E-state index in [9.17, 15) is 0 Å². The summed E-state index contributed by atoms with van der Waals surface area (Å²) in [6.45, 7) is 9.09. The lowest BCUT2D eigenvalue weighted by molar-refractivity contribution is -0.135. The molecule has 0 bridgehead atoms. The molecule has 1 N–H and O–H groups in total. The molecule has 6 heteroatoms. The lowest BCUT2D eigenvalue weighted by Crippen LogP contribution is -2.57. The molecule has 1 atom stereocenters. The van der Waals surface area contributed by atoms with E-state index in [0.717, 1.165) is 51.7 Å². The molecule has 23 heavy (non-hydrogen) atoms. The summed E-state index contributed by atoms with van der Waals surface area (Å²) in [5.41, 5.74) is 0.960. The van der Waals surface area contributed by atoms with Gasteiger partial charge in [-0.25, -0.2) is 0 Å². The Bertz CT molecular complexity index is 519. The molecule has 0 unspecified atom stereocenters. The molecule has 0 aliphatic carbocycles. The standard InChI is InChI=1S/C17H25ClN2O3/c1-2-22-16-4-3-14(9-15(16)18)10-20-6-8-23-17(12-20)11-19-5-7-21-13-17/h3-4,9,19H,2,5-8,10-13H2,1H3/t17-/m1/s1. The van der Waals surface area contributed by atoms with Gasteiger partial charge < -0.3 is 19.5 Å². The summed E-state index contributed by atoms with van der Waals surface area (Å²) in [5, 5.41) is 4.08. The first-order chi connectivity index (χ1) is 11.2. The monoisotopic (exact) mass is 340 g/mol. The van der Waals surface area contributed by atoms with E-state index in [1.807, 2.05) is 19.1 Å². The van der Waals surface area contributed by atoms with Gasteiger partial charge in [-0.05, 0) is 24.6 Å². The average molecular weight is 341 g/mol. The average Bonchev–Trinajstić information content (AvgIpc) is 2.76. The lowest BCUT2D eigenvalue weighted by atomic mass is 10.0. The fourth-order valence-corrected chi connectivity index (χ4v) is 3.45. The second-order valence-corrected chi connectivity index (χ2v) is 6.58. The van der Waals surface area contributed by atoms with Crippen molar-refractivity contribution < 1.29 is 14.2 Å². The highest BCUT2D eigenvalue weighted by molar-refractivity contribution is 6.32. The van der Waals surface area contributed by atoms with Crippen molar-refractivity contribution in [2.45, 2.75) is 19.1 Å². The smallest absolute Gasteiger partial charge is 0.137 e. The minimum Gasteiger partial charge on any atom is -0.492 e. The summed E-state index contributed by atoms with van der Waals surface area (Å²) >= 11 is 6.29. The molecule has 2 saturated heterocycles. The van der Waals surface area contributed by atoms with E-state index in [0.29, 0.717) is 18.2 Å². The molecule has 1 spiro atoms. The van der Waals surface area contributed by atoms with Gasteiger partial charge in [-0.1, -0.05) is 17.7 Å². The molecule has 2 aliphatic rings. The topological polar surface area (TPSA) is 43.0 Å². The third-order valence-corrected chi connectivity index (χ3v) is 4.56. The van der Waals surface area contributed by atoms with E-state index in [1.165, 1.54) is 5.56 Å². The van der Waals surface area contributed by atoms with Crippen molar-refractivity contribution in [2.24, 2.45) is 0 Å². The fourth-order valence-electron chi connectivity index (χ4n) is 3.20. The van der Waals surface area contributed by atoms with Gasteiger partial charge in [-0.15, -0.1) is 0 Å². The van der Waals surface area contributed by atoms with Crippen LogP contribution in [0.4, 0.5) is 0 Å². The van der Waals surface area contributed by atoms with Gasteiger partial charge in [-0.2, -0.15) is 0 Å². The van der Waals surface area contributed by atoms with Gasteiger partial charge >= 0.3 is 0 Å². The predicted octanol–water partition coefficient (Wildman–Crippen LogP) is 1.93. The summed E-state index contributed by atoms with van der Waals surface area (Å²) in [7, 11) is 0. The number of benzene rings is 1. The lowest BCUT2D eigenvalue weighted by Gasteiger charge is -2.41. The Kier molecular flexibility index (Phi) is 5.77. The summed E-state index contributed by atoms with van der Waals surface area (Å²) in [5.74, 6) is 0.748. The molecule has 5 nitrogen and oxygen atoms in total. The van der Waals surface area contributed by atoms with Crippen LogP contribution in [0.2, 0.25) is 5.02 Å². The molecule has 3 rings (SSSR count). The molecule has 2 aliphatic heterocycles. The predicted molar refractivity (Wildman–Crippen MR) is 90.3 cm³/mol. The number of halogens is 1. The van der Waals surface area contributed by atoms with Crippen LogP contribution in [0, 0.1) is 0 Å². The molecule has 0 amide bonds. The second-order valence-electron chi connectivity index (χ2n) is 6.17. The molecule has 1 aromatic carbocycles.